The molecule has 1 aromatic heterocycles. The van der Waals surface area contributed by atoms with Gasteiger partial charge in [-0.1, -0.05) is 54.6 Å². The molecule has 2 amide bonds. The number of hydrogen-bond acceptors (Lipinski definition) is 7. The summed E-state index contributed by atoms with van der Waals surface area (Å²) in [4.78, 5) is 29.8. The summed E-state index contributed by atoms with van der Waals surface area (Å²) in [6.07, 6.45) is 0.0898. The summed E-state index contributed by atoms with van der Waals surface area (Å²) in [5.74, 6) is -2.30. The second-order valence-corrected chi connectivity index (χ2v) is 11.7. The third-order valence-corrected chi connectivity index (χ3v) is 8.76. The normalized spacial score (nSPS) is 13.1. The van der Waals surface area contributed by atoms with Crippen LogP contribution in [0.3, 0.4) is 0 Å². The number of amides is 2. The van der Waals surface area contributed by atoms with E-state index in [1.165, 1.54) is 19.2 Å². The highest BCUT2D eigenvalue weighted by atomic mass is 32.2. The Labute approximate surface area is 243 Å². The first kappa shape index (κ1) is 30.7. The number of benzene rings is 3. The quantitative estimate of drug-likeness (QED) is 0.179. The maximum Gasteiger partial charge on any atom is 0.260 e. The van der Waals surface area contributed by atoms with Crippen LogP contribution in [0.25, 0.3) is 10.9 Å². The van der Waals surface area contributed by atoms with Crippen molar-refractivity contribution in [1.82, 2.24) is 19.7 Å². The van der Waals surface area contributed by atoms with Crippen molar-refractivity contribution < 1.29 is 32.7 Å². The Balaban J connectivity index is 1.69. The zero-order chi connectivity index (χ0) is 30.4. The first-order valence-corrected chi connectivity index (χ1v) is 14.5. The van der Waals surface area contributed by atoms with Crippen molar-refractivity contribution in [1.29, 1.82) is 0 Å². The Bertz CT molecular complexity index is 1680. The van der Waals surface area contributed by atoms with Crippen LogP contribution in [0, 0.1) is 12.7 Å². The van der Waals surface area contributed by atoms with Crippen LogP contribution in [0.5, 0.6) is 0 Å². The Kier molecular flexibility index (Phi) is 9.63. The standard InChI is InChI=1S/C30H31FN4O6S/c1-20-12-13-22(31)17-28(20)42(40,41)35(19-29(37)34(2)39)18-27(36)26(16-21-8-4-3-5-9-21)33-30(38)24-14-15-32-25-11-7-6-10-23(24)25/h3-15,17,26-27,36,39H,16,18-19H2,1-2H3,(H,33,38)/t26-,27+/m0/s1. The number of aliphatic hydroxyl groups excluding tert-OH is 1. The molecule has 0 saturated carbocycles. The molecule has 0 unspecified atom stereocenters. The van der Waals surface area contributed by atoms with Gasteiger partial charge in [-0.2, -0.15) is 4.31 Å². The minimum Gasteiger partial charge on any atom is -0.390 e. The third-order valence-electron chi connectivity index (χ3n) is 6.80. The number of sulfonamides is 1. The Morgan fingerprint density at radius 1 is 1.02 bits per heavy atom. The van der Waals surface area contributed by atoms with Crippen molar-refractivity contribution in [3.8, 4) is 0 Å². The molecular weight excluding hydrogens is 563 g/mol. The summed E-state index contributed by atoms with van der Waals surface area (Å²) >= 11 is 0. The van der Waals surface area contributed by atoms with Crippen molar-refractivity contribution >= 4 is 32.7 Å². The molecule has 0 aliphatic heterocycles. The van der Waals surface area contributed by atoms with Gasteiger partial charge in [-0.25, -0.2) is 17.9 Å². The van der Waals surface area contributed by atoms with Crippen LogP contribution >= 0.6 is 0 Å². The van der Waals surface area contributed by atoms with E-state index in [9.17, 15) is 32.7 Å². The Morgan fingerprint density at radius 3 is 2.43 bits per heavy atom. The highest BCUT2D eigenvalue weighted by Gasteiger charge is 2.34. The lowest BCUT2D eigenvalue weighted by atomic mass is 10.00. The van der Waals surface area contributed by atoms with Gasteiger partial charge in [-0.05, 0) is 48.7 Å². The minimum absolute atomic E-state index is 0.123. The maximum absolute atomic E-state index is 14.1. The molecule has 0 spiro atoms. The van der Waals surface area contributed by atoms with E-state index in [4.69, 9.17) is 0 Å². The number of aromatic nitrogens is 1. The van der Waals surface area contributed by atoms with Gasteiger partial charge in [0.25, 0.3) is 11.8 Å². The van der Waals surface area contributed by atoms with Gasteiger partial charge in [0.1, 0.15) is 5.82 Å². The highest BCUT2D eigenvalue weighted by molar-refractivity contribution is 7.89. The molecule has 10 nitrogen and oxygen atoms in total. The van der Waals surface area contributed by atoms with Gasteiger partial charge >= 0.3 is 0 Å². The molecule has 220 valence electrons. The highest BCUT2D eigenvalue weighted by Crippen LogP contribution is 2.23. The number of nitrogens with one attached hydrogen (secondary N) is 1. The number of halogens is 1. The number of carbonyl (C=O) groups is 2. The molecule has 3 aromatic carbocycles. The summed E-state index contributed by atoms with van der Waals surface area (Å²) in [6, 6.07) is 19.8. The van der Waals surface area contributed by atoms with Crippen molar-refractivity contribution in [2.24, 2.45) is 0 Å². The third kappa shape index (κ3) is 7.15. The monoisotopic (exact) mass is 594 g/mol. The van der Waals surface area contributed by atoms with Crippen LogP contribution in [-0.4, -0.2) is 77.2 Å². The second kappa shape index (κ2) is 13.2. The largest absolute Gasteiger partial charge is 0.390 e. The molecule has 3 N–H and O–H groups in total. The van der Waals surface area contributed by atoms with Crippen molar-refractivity contribution in [2.45, 2.75) is 30.4 Å². The number of carbonyl (C=O) groups excluding carboxylic acids is 2. The predicted molar refractivity (Wildman–Crippen MR) is 154 cm³/mol. The van der Waals surface area contributed by atoms with Gasteiger partial charge in [0.05, 0.1) is 34.7 Å². The minimum atomic E-state index is -4.54. The van der Waals surface area contributed by atoms with Crippen LogP contribution < -0.4 is 5.32 Å². The van der Waals surface area contributed by atoms with Gasteiger partial charge in [-0.15, -0.1) is 0 Å². The van der Waals surface area contributed by atoms with E-state index in [1.54, 1.807) is 54.6 Å². The summed E-state index contributed by atoms with van der Waals surface area (Å²) in [5.41, 5.74) is 1.88. The molecule has 12 heteroatoms. The first-order valence-electron chi connectivity index (χ1n) is 13.1. The fraction of sp³-hybridized carbons (Fsp3) is 0.233. The van der Waals surface area contributed by atoms with E-state index in [-0.39, 0.29) is 17.0 Å². The van der Waals surface area contributed by atoms with Crippen molar-refractivity contribution in [3.05, 3.63) is 108 Å². The second-order valence-electron chi connectivity index (χ2n) is 9.84. The number of rotatable bonds is 11. The van der Waals surface area contributed by atoms with Gasteiger partial charge < -0.3 is 10.4 Å². The number of hydroxylamine groups is 2. The van der Waals surface area contributed by atoms with E-state index >= 15 is 0 Å². The van der Waals surface area contributed by atoms with E-state index < -0.39 is 57.8 Å². The van der Waals surface area contributed by atoms with Gasteiger partial charge in [0.2, 0.25) is 10.0 Å². The van der Waals surface area contributed by atoms with Gasteiger partial charge in [-0.3, -0.25) is 19.8 Å². The number of pyridine rings is 1. The lowest BCUT2D eigenvalue weighted by Gasteiger charge is -2.30. The van der Waals surface area contributed by atoms with E-state index in [0.29, 0.717) is 20.8 Å². The van der Waals surface area contributed by atoms with E-state index in [1.807, 2.05) is 6.07 Å². The van der Waals surface area contributed by atoms with Crippen LogP contribution in [0.15, 0.2) is 90.0 Å². The SMILES string of the molecule is Cc1ccc(F)cc1S(=O)(=O)N(CC(=O)N(C)O)C[C@@H](O)[C@H](Cc1ccccc1)NC(=O)c1ccnc2ccccc12. The molecule has 0 saturated heterocycles. The molecule has 4 rings (SSSR count). The molecule has 4 aromatic rings. The molecule has 0 aliphatic carbocycles. The summed E-state index contributed by atoms with van der Waals surface area (Å²) in [7, 11) is -3.50. The fourth-order valence-electron chi connectivity index (χ4n) is 4.52. The van der Waals surface area contributed by atoms with Crippen LogP contribution in [0.2, 0.25) is 0 Å². The van der Waals surface area contributed by atoms with Crippen LogP contribution in [0.4, 0.5) is 4.39 Å². The smallest absolute Gasteiger partial charge is 0.260 e. The Hall–Kier alpha value is -4.23. The molecule has 2 atom stereocenters. The number of hydrogen-bond donors (Lipinski definition) is 3. The van der Waals surface area contributed by atoms with E-state index in [2.05, 4.69) is 10.3 Å². The number of fused-ring (bicyclic) bond motifs is 1. The molecule has 0 aliphatic rings. The van der Waals surface area contributed by atoms with Crippen LogP contribution in [0.1, 0.15) is 21.5 Å². The molecule has 1 heterocycles. The topological polar surface area (TPSA) is 140 Å². The van der Waals surface area contributed by atoms with Crippen molar-refractivity contribution in [2.75, 3.05) is 20.1 Å². The lowest BCUT2D eigenvalue weighted by molar-refractivity contribution is -0.159. The number of para-hydroxylation sites is 1. The fourth-order valence-corrected chi connectivity index (χ4v) is 6.16. The molecular formula is C30H31FN4O6S. The van der Waals surface area contributed by atoms with Gasteiger partial charge in [0.15, 0.2) is 0 Å². The average molecular weight is 595 g/mol. The number of aryl methyl sites for hydroxylation is 1. The van der Waals surface area contributed by atoms with Crippen LogP contribution in [-0.2, 0) is 21.2 Å². The lowest BCUT2D eigenvalue weighted by Crippen LogP contribution is -2.52. The predicted octanol–water partition coefficient (Wildman–Crippen LogP) is 2.92. The maximum atomic E-state index is 14.1. The first-order chi connectivity index (χ1) is 20.0. The van der Waals surface area contributed by atoms with Crippen molar-refractivity contribution in [3.63, 3.8) is 0 Å². The molecule has 0 fully saturated rings. The Morgan fingerprint density at radius 2 is 1.71 bits per heavy atom. The molecule has 0 bridgehead atoms. The van der Waals surface area contributed by atoms with E-state index in [0.717, 1.165) is 24.7 Å². The zero-order valence-corrected chi connectivity index (χ0v) is 23.8. The molecule has 42 heavy (non-hydrogen) atoms. The summed E-state index contributed by atoms with van der Waals surface area (Å²) < 4.78 is 42.1. The summed E-state index contributed by atoms with van der Waals surface area (Å²) in [6.45, 7) is -0.0194. The number of likely N-dealkylation sites (N-methyl/N-ethyl adjacent to an activating group) is 1. The summed E-state index contributed by atoms with van der Waals surface area (Å²) in [5, 5.41) is 24.7. The number of aliphatic hydroxyl groups is 1. The zero-order valence-electron chi connectivity index (χ0n) is 23.0. The van der Waals surface area contributed by atoms with Gasteiger partial charge in [0, 0.05) is 25.2 Å². The molecule has 0 radical (unpaired) electrons. The number of nitrogens with zero attached hydrogens (tertiary/aromatic N) is 3. The average Bonchev–Trinajstić information content (AvgIpc) is 2.97.